The summed E-state index contributed by atoms with van der Waals surface area (Å²) >= 11 is 3.52. The molecule has 2 rings (SSSR count). The number of piperazine rings is 1. The highest BCUT2D eigenvalue weighted by Gasteiger charge is 2.16. The molecule has 1 saturated heterocycles. The van der Waals surface area contributed by atoms with Gasteiger partial charge in [0.25, 0.3) is 0 Å². The van der Waals surface area contributed by atoms with E-state index in [1.165, 1.54) is 0 Å². The van der Waals surface area contributed by atoms with E-state index in [1.54, 1.807) is 0 Å². The molecule has 1 aromatic rings. The van der Waals surface area contributed by atoms with Crippen LogP contribution in [0.4, 0.5) is 0 Å². The van der Waals surface area contributed by atoms with Crippen molar-refractivity contribution in [2.45, 2.75) is 13.0 Å². The fourth-order valence-corrected chi connectivity index (χ4v) is 2.89. The van der Waals surface area contributed by atoms with Crippen molar-refractivity contribution in [3.05, 3.63) is 34.3 Å². The molecular weight excluding hydrogens is 306 g/mol. The Kier molecular flexibility index (Phi) is 5.36. The molecule has 1 aromatic carbocycles. The van der Waals surface area contributed by atoms with Crippen LogP contribution in [0.25, 0.3) is 0 Å². The lowest BCUT2D eigenvalue weighted by atomic mass is 10.1. The molecule has 2 N–H and O–H groups in total. The molecule has 1 fully saturated rings. The van der Waals surface area contributed by atoms with Gasteiger partial charge in [-0.05, 0) is 18.6 Å². The molecule has 1 aliphatic rings. The topological polar surface area (TPSA) is 44.4 Å². The fraction of sp³-hybridized carbons (Fsp3) is 0.500. The Hall–Kier alpha value is -0.910. The van der Waals surface area contributed by atoms with Gasteiger partial charge in [-0.1, -0.05) is 34.1 Å². The summed E-state index contributed by atoms with van der Waals surface area (Å²) < 4.78 is 1.03. The molecule has 0 aromatic heterocycles. The lowest BCUT2D eigenvalue weighted by molar-refractivity contribution is -0.123. The van der Waals surface area contributed by atoms with Crippen LogP contribution < -0.4 is 10.6 Å². The Labute approximate surface area is 122 Å². The van der Waals surface area contributed by atoms with E-state index in [0.29, 0.717) is 6.54 Å². The monoisotopic (exact) mass is 325 g/mol. The second kappa shape index (κ2) is 7.03. The average Bonchev–Trinajstić information content (AvgIpc) is 2.40. The van der Waals surface area contributed by atoms with Crippen LogP contribution in [0.5, 0.6) is 0 Å². The number of halogens is 1. The number of hydrogen-bond donors (Lipinski definition) is 2. The molecule has 0 unspecified atom stereocenters. The third-order valence-corrected chi connectivity index (χ3v) is 4.05. The zero-order valence-corrected chi connectivity index (χ0v) is 12.7. The first-order chi connectivity index (χ1) is 9.16. The summed E-state index contributed by atoms with van der Waals surface area (Å²) in [5.74, 6) is 0.0881. The minimum Gasteiger partial charge on any atom is -0.348 e. The van der Waals surface area contributed by atoms with Gasteiger partial charge in [0, 0.05) is 30.7 Å². The maximum atomic E-state index is 12.0. The lowest BCUT2D eigenvalue weighted by Crippen LogP contribution is -2.47. The van der Waals surface area contributed by atoms with Crippen molar-refractivity contribution in [2.24, 2.45) is 0 Å². The molecule has 0 aliphatic carbocycles. The number of amides is 1. The van der Waals surface area contributed by atoms with Gasteiger partial charge in [0.1, 0.15) is 0 Å². The summed E-state index contributed by atoms with van der Waals surface area (Å²) in [6, 6.07) is 8.00. The molecule has 1 amide bonds. The molecule has 0 bridgehead atoms. The molecule has 1 heterocycles. The van der Waals surface area contributed by atoms with Crippen LogP contribution in [0.1, 0.15) is 18.5 Å². The van der Waals surface area contributed by atoms with E-state index in [2.05, 4.69) is 31.5 Å². The number of nitrogens with zero attached hydrogens (tertiary/aromatic N) is 1. The molecule has 0 radical (unpaired) electrons. The first-order valence-corrected chi connectivity index (χ1v) is 7.43. The van der Waals surface area contributed by atoms with Gasteiger partial charge in [0.15, 0.2) is 0 Å². The Balaban J connectivity index is 1.86. The van der Waals surface area contributed by atoms with Crippen molar-refractivity contribution in [3.63, 3.8) is 0 Å². The van der Waals surface area contributed by atoms with Crippen molar-refractivity contribution in [1.82, 2.24) is 15.5 Å². The third-order valence-electron chi connectivity index (χ3n) is 3.33. The smallest absolute Gasteiger partial charge is 0.234 e. The van der Waals surface area contributed by atoms with Gasteiger partial charge < -0.3 is 10.6 Å². The molecule has 104 valence electrons. The number of carbonyl (C=O) groups excluding carboxylic acids is 1. The Morgan fingerprint density at radius 3 is 2.79 bits per heavy atom. The second-order valence-corrected chi connectivity index (χ2v) is 5.69. The molecule has 1 atom stereocenters. The zero-order valence-electron chi connectivity index (χ0n) is 11.2. The molecule has 0 spiro atoms. The van der Waals surface area contributed by atoms with E-state index in [0.717, 1.165) is 36.2 Å². The number of rotatable bonds is 4. The van der Waals surface area contributed by atoms with E-state index < -0.39 is 0 Å². The van der Waals surface area contributed by atoms with Crippen LogP contribution in [0.3, 0.4) is 0 Å². The molecule has 0 saturated carbocycles. The lowest BCUT2D eigenvalue weighted by Gasteiger charge is -2.27. The number of carbonyl (C=O) groups is 1. The Bertz CT molecular complexity index is 432. The van der Waals surface area contributed by atoms with E-state index in [9.17, 15) is 4.79 Å². The number of hydrogen-bond acceptors (Lipinski definition) is 3. The van der Waals surface area contributed by atoms with Crippen LogP contribution >= 0.6 is 15.9 Å². The van der Waals surface area contributed by atoms with Crippen molar-refractivity contribution in [1.29, 1.82) is 0 Å². The van der Waals surface area contributed by atoms with Crippen LogP contribution in [0.15, 0.2) is 28.7 Å². The minimum absolute atomic E-state index is 0.0194. The van der Waals surface area contributed by atoms with E-state index in [1.807, 2.05) is 31.2 Å². The molecule has 1 aliphatic heterocycles. The first kappa shape index (κ1) is 14.5. The summed E-state index contributed by atoms with van der Waals surface area (Å²) in [5, 5.41) is 6.34. The van der Waals surface area contributed by atoms with Crippen LogP contribution in [-0.4, -0.2) is 43.5 Å². The van der Waals surface area contributed by atoms with Crippen LogP contribution in [0, 0.1) is 0 Å². The average molecular weight is 326 g/mol. The summed E-state index contributed by atoms with van der Waals surface area (Å²) in [5.41, 5.74) is 1.11. The summed E-state index contributed by atoms with van der Waals surface area (Å²) in [6.07, 6.45) is 0. The minimum atomic E-state index is 0.0194. The summed E-state index contributed by atoms with van der Waals surface area (Å²) in [7, 11) is 0. The highest BCUT2D eigenvalue weighted by molar-refractivity contribution is 9.10. The molecule has 5 heteroatoms. The highest BCUT2D eigenvalue weighted by atomic mass is 79.9. The van der Waals surface area contributed by atoms with Crippen molar-refractivity contribution in [3.8, 4) is 0 Å². The van der Waals surface area contributed by atoms with Gasteiger partial charge >= 0.3 is 0 Å². The highest BCUT2D eigenvalue weighted by Crippen LogP contribution is 2.22. The predicted molar refractivity (Wildman–Crippen MR) is 80.0 cm³/mol. The Morgan fingerprint density at radius 2 is 2.11 bits per heavy atom. The predicted octanol–water partition coefficient (Wildman–Crippen LogP) is 1.53. The number of benzene rings is 1. The van der Waals surface area contributed by atoms with E-state index in [-0.39, 0.29) is 11.9 Å². The normalized spacial score (nSPS) is 18.0. The maximum Gasteiger partial charge on any atom is 0.234 e. The van der Waals surface area contributed by atoms with E-state index in [4.69, 9.17) is 0 Å². The van der Waals surface area contributed by atoms with Gasteiger partial charge in [0.2, 0.25) is 5.91 Å². The SMILES string of the molecule is C[C@@H](NC(=O)CN1CCNCC1)c1ccccc1Br. The fourth-order valence-electron chi connectivity index (χ4n) is 2.26. The van der Waals surface area contributed by atoms with Crippen molar-refractivity contribution >= 4 is 21.8 Å². The van der Waals surface area contributed by atoms with Crippen molar-refractivity contribution in [2.75, 3.05) is 32.7 Å². The van der Waals surface area contributed by atoms with Gasteiger partial charge in [-0.3, -0.25) is 9.69 Å². The molecule has 19 heavy (non-hydrogen) atoms. The first-order valence-electron chi connectivity index (χ1n) is 6.63. The largest absolute Gasteiger partial charge is 0.348 e. The van der Waals surface area contributed by atoms with E-state index >= 15 is 0 Å². The van der Waals surface area contributed by atoms with Crippen LogP contribution in [0.2, 0.25) is 0 Å². The number of nitrogens with one attached hydrogen (secondary N) is 2. The Morgan fingerprint density at radius 1 is 1.42 bits per heavy atom. The summed E-state index contributed by atoms with van der Waals surface area (Å²) in [4.78, 5) is 14.2. The zero-order chi connectivity index (χ0) is 13.7. The third kappa shape index (κ3) is 4.30. The van der Waals surface area contributed by atoms with Crippen LogP contribution in [-0.2, 0) is 4.79 Å². The standard InChI is InChI=1S/C14H20BrN3O/c1-11(12-4-2-3-5-13(12)15)17-14(19)10-18-8-6-16-7-9-18/h2-5,11,16H,6-10H2,1H3,(H,17,19)/t11-/m1/s1. The maximum absolute atomic E-state index is 12.0. The summed E-state index contributed by atoms with van der Waals surface area (Å²) in [6.45, 7) is 6.31. The quantitative estimate of drug-likeness (QED) is 0.882. The van der Waals surface area contributed by atoms with Gasteiger partial charge in [-0.15, -0.1) is 0 Å². The molecule has 4 nitrogen and oxygen atoms in total. The van der Waals surface area contributed by atoms with Gasteiger partial charge in [0.05, 0.1) is 12.6 Å². The second-order valence-electron chi connectivity index (χ2n) is 4.84. The molecular formula is C14H20BrN3O. The van der Waals surface area contributed by atoms with Gasteiger partial charge in [-0.2, -0.15) is 0 Å². The van der Waals surface area contributed by atoms with Gasteiger partial charge in [-0.25, -0.2) is 0 Å². The van der Waals surface area contributed by atoms with Crippen molar-refractivity contribution < 1.29 is 4.79 Å².